The lowest BCUT2D eigenvalue weighted by molar-refractivity contribution is -0.124. The van der Waals surface area contributed by atoms with Gasteiger partial charge < -0.3 is 9.30 Å². The summed E-state index contributed by atoms with van der Waals surface area (Å²) in [6.07, 6.45) is 1.46. The molecule has 0 aliphatic rings. The number of para-hydroxylation sites is 1. The van der Waals surface area contributed by atoms with E-state index in [2.05, 4.69) is 15.3 Å². The van der Waals surface area contributed by atoms with Crippen LogP contribution in [0.15, 0.2) is 40.2 Å². The van der Waals surface area contributed by atoms with Gasteiger partial charge >= 0.3 is 0 Å². The van der Waals surface area contributed by atoms with Gasteiger partial charge in [0.1, 0.15) is 6.61 Å². The molecule has 0 radical (unpaired) electrons. The number of amides is 1. The number of ether oxygens (including phenoxy) is 1. The quantitative estimate of drug-likeness (QED) is 0.656. The van der Waals surface area contributed by atoms with Crippen LogP contribution >= 0.6 is 0 Å². The summed E-state index contributed by atoms with van der Waals surface area (Å²) in [4.78, 5) is 23.0. The molecule has 0 bridgehead atoms. The van der Waals surface area contributed by atoms with E-state index in [9.17, 15) is 9.59 Å². The largest absolute Gasteiger partial charge is 0.375 e. The van der Waals surface area contributed by atoms with Gasteiger partial charge in [0.2, 0.25) is 0 Å². The Morgan fingerprint density at radius 2 is 2.20 bits per heavy atom. The first-order valence-electron chi connectivity index (χ1n) is 6.03. The number of aromatic nitrogens is 1. The van der Waals surface area contributed by atoms with Gasteiger partial charge in [-0.05, 0) is 6.07 Å². The van der Waals surface area contributed by atoms with Gasteiger partial charge in [-0.15, -0.1) is 0 Å². The Balaban J connectivity index is 2.35. The third-order valence-corrected chi connectivity index (χ3v) is 2.85. The van der Waals surface area contributed by atoms with Crippen LogP contribution in [-0.2, 0) is 16.6 Å². The molecule has 0 spiro atoms. The van der Waals surface area contributed by atoms with Gasteiger partial charge in [-0.2, -0.15) is 5.10 Å². The van der Waals surface area contributed by atoms with E-state index in [1.165, 1.54) is 19.4 Å². The maximum Gasteiger partial charge on any atom is 0.266 e. The van der Waals surface area contributed by atoms with Crippen LogP contribution in [0.5, 0.6) is 0 Å². The van der Waals surface area contributed by atoms with Gasteiger partial charge in [0.05, 0.1) is 11.7 Å². The number of hydrazone groups is 1. The highest BCUT2D eigenvalue weighted by Crippen LogP contribution is 2.14. The zero-order valence-electron chi connectivity index (χ0n) is 11.3. The van der Waals surface area contributed by atoms with Gasteiger partial charge in [0.15, 0.2) is 0 Å². The first kappa shape index (κ1) is 14.0. The third kappa shape index (κ3) is 2.92. The van der Waals surface area contributed by atoms with Crippen molar-refractivity contribution in [2.75, 3.05) is 13.7 Å². The van der Waals surface area contributed by atoms with Crippen molar-refractivity contribution in [3.63, 3.8) is 0 Å². The zero-order valence-corrected chi connectivity index (χ0v) is 11.3. The molecule has 0 fully saturated rings. The van der Waals surface area contributed by atoms with Crippen LogP contribution < -0.4 is 11.0 Å². The van der Waals surface area contributed by atoms with Gasteiger partial charge in [0.25, 0.3) is 11.5 Å². The topological polar surface area (TPSA) is 72.7 Å². The van der Waals surface area contributed by atoms with Crippen LogP contribution in [-0.4, -0.2) is 30.4 Å². The second-order valence-corrected chi connectivity index (χ2v) is 4.24. The van der Waals surface area contributed by atoms with Crippen molar-refractivity contribution in [1.29, 1.82) is 0 Å². The SMILES string of the molecule is COCC(=O)NN=Cc1cc(=O)n(C)c2ccccc12. The first-order chi connectivity index (χ1) is 9.63. The number of methoxy groups -OCH3 is 1. The maximum absolute atomic E-state index is 11.8. The summed E-state index contributed by atoms with van der Waals surface area (Å²) < 4.78 is 6.24. The smallest absolute Gasteiger partial charge is 0.266 e. The summed E-state index contributed by atoms with van der Waals surface area (Å²) in [6.45, 7) is -0.0609. The lowest BCUT2D eigenvalue weighted by Gasteiger charge is -2.06. The van der Waals surface area contributed by atoms with Crippen LogP contribution in [0.25, 0.3) is 10.9 Å². The van der Waals surface area contributed by atoms with Crippen LogP contribution in [0.3, 0.4) is 0 Å². The minimum absolute atomic E-state index is 0.0609. The lowest BCUT2D eigenvalue weighted by Crippen LogP contribution is -2.22. The van der Waals surface area contributed by atoms with Crippen molar-refractivity contribution >= 4 is 23.0 Å². The number of carbonyl (C=O) groups excluding carboxylic acids is 1. The predicted octanol–water partition coefficient (Wildman–Crippen LogP) is 0.635. The summed E-state index contributed by atoms with van der Waals surface area (Å²) in [5, 5.41) is 4.72. The number of benzene rings is 1. The second-order valence-electron chi connectivity index (χ2n) is 4.24. The molecular formula is C14H15N3O3. The summed E-state index contributed by atoms with van der Waals surface area (Å²) in [5.41, 5.74) is 3.66. The van der Waals surface area contributed by atoms with Crippen LogP contribution in [0.2, 0.25) is 0 Å². The molecule has 6 nitrogen and oxygen atoms in total. The van der Waals surface area contributed by atoms with Crippen molar-refractivity contribution in [3.8, 4) is 0 Å². The second kappa shape index (κ2) is 6.12. The van der Waals surface area contributed by atoms with Gasteiger partial charge in [0, 0.05) is 31.2 Å². The molecule has 0 aliphatic heterocycles. The molecule has 20 heavy (non-hydrogen) atoms. The number of pyridine rings is 1. The van der Waals surface area contributed by atoms with E-state index in [0.717, 1.165) is 10.9 Å². The molecule has 1 aromatic heterocycles. The Morgan fingerprint density at radius 3 is 2.95 bits per heavy atom. The summed E-state index contributed by atoms with van der Waals surface area (Å²) >= 11 is 0. The van der Waals surface area contributed by atoms with Crippen molar-refractivity contribution < 1.29 is 9.53 Å². The number of aryl methyl sites for hydroxylation is 1. The number of hydrogen-bond donors (Lipinski definition) is 1. The van der Waals surface area contributed by atoms with Crippen molar-refractivity contribution in [2.45, 2.75) is 0 Å². The van der Waals surface area contributed by atoms with Crippen LogP contribution in [0, 0.1) is 0 Å². The normalized spacial score (nSPS) is 11.1. The molecule has 104 valence electrons. The molecule has 0 atom stereocenters. The molecule has 1 heterocycles. The van der Waals surface area contributed by atoms with Crippen LogP contribution in [0.4, 0.5) is 0 Å². The fraction of sp³-hybridized carbons (Fsp3) is 0.214. The summed E-state index contributed by atoms with van der Waals surface area (Å²) in [6, 6.07) is 8.98. The molecule has 1 amide bonds. The summed E-state index contributed by atoms with van der Waals surface area (Å²) in [5.74, 6) is -0.350. The predicted molar refractivity (Wildman–Crippen MR) is 76.8 cm³/mol. The molecule has 0 unspecified atom stereocenters. The van der Waals surface area contributed by atoms with E-state index < -0.39 is 0 Å². The van der Waals surface area contributed by atoms with Gasteiger partial charge in [-0.25, -0.2) is 5.43 Å². The van der Waals surface area contributed by atoms with E-state index >= 15 is 0 Å². The summed E-state index contributed by atoms with van der Waals surface area (Å²) in [7, 11) is 3.14. The highest BCUT2D eigenvalue weighted by atomic mass is 16.5. The fourth-order valence-corrected chi connectivity index (χ4v) is 1.88. The fourth-order valence-electron chi connectivity index (χ4n) is 1.88. The highest BCUT2D eigenvalue weighted by molar-refractivity contribution is 5.98. The lowest BCUT2D eigenvalue weighted by atomic mass is 10.1. The van der Waals surface area contributed by atoms with Gasteiger partial charge in [-0.3, -0.25) is 9.59 Å². The monoisotopic (exact) mass is 273 g/mol. The Hall–Kier alpha value is -2.47. The average Bonchev–Trinajstić information content (AvgIpc) is 2.44. The van der Waals surface area contributed by atoms with E-state index in [-0.39, 0.29) is 18.1 Å². The number of hydrogen-bond acceptors (Lipinski definition) is 4. The van der Waals surface area contributed by atoms with Crippen molar-refractivity contribution in [3.05, 3.63) is 46.2 Å². The van der Waals surface area contributed by atoms with E-state index in [0.29, 0.717) is 5.56 Å². The number of nitrogens with one attached hydrogen (secondary N) is 1. The number of rotatable bonds is 4. The number of fused-ring (bicyclic) bond motifs is 1. The van der Waals surface area contributed by atoms with E-state index in [1.54, 1.807) is 11.6 Å². The molecule has 1 aromatic carbocycles. The molecule has 0 aliphatic carbocycles. The third-order valence-electron chi connectivity index (χ3n) is 2.85. The highest BCUT2D eigenvalue weighted by Gasteiger charge is 2.04. The minimum Gasteiger partial charge on any atom is -0.375 e. The van der Waals surface area contributed by atoms with E-state index in [4.69, 9.17) is 0 Å². The van der Waals surface area contributed by atoms with Crippen molar-refractivity contribution in [1.82, 2.24) is 9.99 Å². The standard InChI is InChI=1S/C14H15N3O3/c1-17-12-6-4-3-5-11(12)10(7-14(17)19)8-15-16-13(18)9-20-2/h3-8H,9H2,1-2H3,(H,16,18). The molecule has 6 heteroatoms. The maximum atomic E-state index is 11.8. The Bertz CT molecular complexity index is 719. The molecule has 2 rings (SSSR count). The Kier molecular flexibility index (Phi) is 4.27. The van der Waals surface area contributed by atoms with Crippen molar-refractivity contribution in [2.24, 2.45) is 12.1 Å². The number of carbonyl (C=O) groups is 1. The first-order valence-corrected chi connectivity index (χ1v) is 6.03. The molecule has 0 saturated heterocycles. The zero-order chi connectivity index (χ0) is 14.5. The minimum atomic E-state index is -0.350. The molecule has 1 N–H and O–H groups in total. The Labute approximate surface area is 115 Å². The Morgan fingerprint density at radius 1 is 1.45 bits per heavy atom. The van der Waals surface area contributed by atoms with Crippen LogP contribution in [0.1, 0.15) is 5.56 Å². The molecular weight excluding hydrogens is 258 g/mol. The molecule has 0 saturated carbocycles. The van der Waals surface area contributed by atoms with Gasteiger partial charge in [-0.1, -0.05) is 18.2 Å². The average molecular weight is 273 g/mol. The number of nitrogens with zero attached hydrogens (tertiary/aromatic N) is 2. The van der Waals surface area contributed by atoms with E-state index in [1.807, 2.05) is 24.3 Å². The molecule has 2 aromatic rings.